The third-order valence-corrected chi connectivity index (χ3v) is 5.74. The first-order valence-electron chi connectivity index (χ1n) is 10.6. The summed E-state index contributed by atoms with van der Waals surface area (Å²) in [6.45, 7) is -0.740. The number of methoxy groups -OCH3 is 2. The van der Waals surface area contributed by atoms with E-state index < -0.39 is 60.0 Å². The highest BCUT2D eigenvalue weighted by Gasteiger charge is 2.45. The van der Waals surface area contributed by atoms with E-state index in [1.165, 1.54) is 26.4 Å². The zero-order valence-electron chi connectivity index (χ0n) is 19.0. The molecule has 1 fully saturated rings. The fourth-order valence-electron chi connectivity index (χ4n) is 3.87. The molecule has 194 valence electrons. The summed E-state index contributed by atoms with van der Waals surface area (Å²) in [7, 11) is 2.55. The summed E-state index contributed by atoms with van der Waals surface area (Å²) in [6.07, 6.45) is -8.42. The minimum atomic E-state index is -1.86. The van der Waals surface area contributed by atoms with Gasteiger partial charge in [-0.15, -0.1) is 0 Å². The molecule has 0 spiro atoms. The summed E-state index contributed by atoms with van der Waals surface area (Å²) in [5.41, 5.74) is -1.12. The van der Waals surface area contributed by atoms with E-state index >= 15 is 0 Å². The van der Waals surface area contributed by atoms with Crippen LogP contribution in [0.25, 0.3) is 22.3 Å². The van der Waals surface area contributed by atoms with Crippen molar-refractivity contribution in [1.29, 1.82) is 0 Å². The molecule has 1 aromatic heterocycles. The van der Waals surface area contributed by atoms with Gasteiger partial charge in [0.1, 0.15) is 46.9 Å². The smallest absolute Gasteiger partial charge is 0.239 e. The van der Waals surface area contributed by atoms with E-state index in [4.69, 9.17) is 23.4 Å². The first kappa shape index (κ1) is 25.3. The Kier molecular flexibility index (Phi) is 6.84. The average Bonchev–Trinajstić information content (AvgIpc) is 2.85. The van der Waals surface area contributed by atoms with Crippen LogP contribution in [-0.4, -0.2) is 87.3 Å². The fourth-order valence-corrected chi connectivity index (χ4v) is 3.87. The molecule has 0 amide bonds. The number of benzene rings is 2. The van der Waals surface area contributed by atoms with Crippen LogP contribution in [0.1, 0.15) is 0 Å². The highest BCUT2D eigenvalue weighted by molar-refractivity contribution is 5.88. The Balaban J connectivity index is 1.96. The second-order valence-electron chi connectivity index (χ2n) is 7.97. The topological polar surface area (TPSA) is 209 Å². The van der Waals surface area contributed by atoms with Gasteiger partial charge in [-0.1, -0.05) is 0 Å². The molecule has 13 nitrogen and oxygen atoms in total. The molecule has 5 atom stereocenters. The summed E-state index contributed by atoms with van der Waals surface area (Å²) < 4.78 is 27.1. The monoisotopic (exact) mass is 508 g/mol. The highest BCUT2D eigenvalue weighted by atomic mass is 16.7. The Bertz CT molecular complexity index is 1310. The normalized spacial score (nSPS) is 24.0. The van der Waals surface area contributed by atoms with Gasteiger partial charge in [-0.2, -0.15) is 0 Å². The maximum Gasteiger partial charge on any atom is 0.239 e. The number of fused-ring (bicyclic) bond motifs is 1. The van der Waals surface area contributed by atoms with Gasteiger partial charge in [0.25, 0.3) is 0 Å². The summed E-state index contributed by atoms with van der Waals surface area (Å²) >= 11 is 0. The molecule has 2 heterocycles. The van der Waals surface area contributed by atoms with Gasteiger partial charge in [0.05, 0.1) is 20.8 Å². The summed E-state index contributed by atoms with van der Waals surface area (Å²) in [5, 5.41) is 70.1. The van der Waals surface area contributed by atoms with Gasteiger partial charge in [0.15, 0.2) is 17.3 Å². The lowest BCUT2D eigenvalue weighted by atomic mass is 9.99. The van der Waals surface area contributed by atoms with Crippen LogP contribution in [0, 0.1) is 0 Å². The number of phenols is 3. The second kappa shape index (κ2) is 9.72. The third-order valence-electron chi connectivity index (χ3n) is 5.74. The van der Waals surface area contributed by atoms with Crippen molar-refractivity contribution >= 4 is 11.0 Å². The van der Waals surface area contributed by atoms with E-state index in [0.717, 1.165) is 12.1 Å². The van der Waals surface area contributed by atoms with Crippen molar-refractivity contribution in [1.82, 2.24) is 0 Å². The Labute approximate surface area is 202 Å². The zero-order chi connectivity index (χ0) is 26.3. The summed E-state index contributed by atoms with van der Waals surface area (Å²) in [6, 6.07) is 4.55. The van der Waals surface area contributed by atoms with E-state index in [1.54, 1.807) is 0 Å². The largest absolute Gasteiger partial charge is 0.508 e. The molecule has 2 aromatic carbocycles. The van der Waals surface area contributed by atoms with Crippen molar-refractivity contribution in [2.75, 3.05) is 20.8 Å². The Morgan fingerprint density at radius 1 is 0.917 bits per heavy atom. The first-order valence-corrected chi connectivity index (χ1v) is 10.6. The number of rotatable bonds is 6. The Morgan fingerprint density at radius 2 is 1.56 bits per heavy atom. The van der Waals surface area contributed by atoms with Gasteiger partial charge in [-0.05, 0) is 12.1 Å². The molecule has 3 aromatic rings. The molecule has 4 rings (SSSR count). The van der Waals surface area contributed by atoms with Gasteiger partial charge >= 0.3 is 0 Å². The predicted molar refractivity (Wildman–Crippen MR) is 120 cm³/mol. The third kappa shape index (κ3) is 4.23. The van der Waals surface area contributed by atoms with Crippen LogP contribution < -0.4 is 19.6 Å². The molecular weight excluding hydrogens is 484 g/mol. The summed E-state index contributed by atoms with van der Waals surface area (Å²) in [4.78, 5) is 13.5. The van der Waals surface area contributed by atoms with Crippen LogP contribution in [0.2, 0.25) is 0 Å². The molecule has 1 aliphatic heterocycles. The molecule has 0 unspecified atom stereocenters. The van der Waals surface area contributed by atoms with Gasteiger partial charge in [-0.3, -0.25) is 4.79 Å². The maximum atomic E-state index is 13.5. The number of aromatic hydroxyl groups is 3. The molecule has 0 radical (unpaired) electrons. The lowest BCUT2D eigenvalue weighted by Gasteiger charge is -2.39. The zero-order valence-corrected chi connectivity index (χ0v) is 19.0. The standard InChI is InChI=1S/C23H24O13/c1-32-12-3-8(4-13(33-2)16(12)27)21-22(18(29)15-10(26)5-9(25)6-11(15)34-21)36-23-20(31)19(30)17(28)14(7-24)35-23/h3-6,14,17,19-20,23-28,30-31H,7H2,1-2H3/t14-,17-,19-,20-,23+/m1/s1. The van der Waals surface area contributed by atoms with E-state index in [2.05, 4.69) is 0 Å². The molecule has 0 aliphatic carbocycles. The SMILES string of the molecule is COc1cc(-c2oc3cc(O)cc(O)c3c(=O)c2O[C@@H]2O[C@H](CO)[C@@H](O)[C@@H](O)[C@H]2O)cc(OC)c1O. The second-order valence-corrected chi connectivity index (χ2v) is 7.97. The number of hydrogen-bond donors (Lipinski definition) is 7. The number of aliphatic hydroxyl groups excluding tert-OH is 4. The lowest BCUT2D eigenvalue weighted by molar-refractivity contribution is -0.277. The minimum absolute atomic E-state index is 0.0651. The van der Waals surface area contributed by atoms with E-state index in [9.17, 15) is 40.5 Å². The van der Waals surface area contributed by atoms with Gasteiger partial charge < -0.3 is 59.1 Å². The first-order chi connectivity index (χ1) is 17.1. The molecule has 1 saturated heterocycles. The van der Waals surface area contributed by atoms with Crippen molar-refractivity contribution in [2.45, 2.75) is 30.7 Å². The Morgan fingerprint density at radius 3 is 2.14 bits per heavy atom. The average molecular weight is 508 g/mol. The number of ether oxygens (including phenoxy) is 4. The molecule has 7 N–H and O–H groups in total. The van der Waals surface area contributed by atoms with Gasteiger partial charge in [-0.25, -0.2) is 0 Å². The van der Waals surface area contributed by atoms with E-state index in [-0.39, 0.29) is 39.5 Å². The van der Waals surface area contributed by atoms with Crippen molar-refractivity contribution < 1.29 is 59.1 Å². The Hall–Kier alpha value is -3.75. The van der Waals surface area contributed by atoms with Crippen molar-refractivity contribution in [3.8, 4) is 45.8 Å². The van der Waals surface area contributed by atoms with Gasteiger partial charge in [0.2, 0.25) is 23.2 Å². The van der Waals surface area contributed by atoms with Crippen LogP contribution in [0.15, 0.2) is 33.5 Å². The quantitative estimate of drug-likeness (QED) is 0.230. The van der Waals surface area contributed by atoms with Crippen LogP contribution in [0.5, 0.6) is 34.5 Å². The summed E-state index contributed by atoms with van der Waals surface area (Å²) in [5.74, 6) is -2.44. The molecule has 0 saturated carbocycles. The van der Waals surface area contributed by atoms with E-state index in [1.807, 2.05) is 0 Å². The molecular formula is C23H24O13. The number of phenolic OH excluding ortho intramolecular Hbond substituents is 3. The lowest BCUT2D eigenvalue weighted by Crippen LogP contribution is -2.60. The molecule has 0 bridgehead atoms. The van der Waals surface area contributed by atoms with Crippen LogP contribution in [0.4, 0.5) is 0 Å². The molecule has 36 heavy (non-hydrogen) atoms. The maximum absolute atomic E-state index is 13.5. The molecule has 1 aliphatic rings. The van der Waals surface area contributed by atoms with Crippen molar-refractivity contribution in [3.63, 3.8) is 0 Å². The predicted octanol–water partition coefficient (Wildman–Crippen LogP) is -0.227. The van der Waals surface area contributed by atoms with E-state index in [0.29, 0.717) is 0 Å². The molecule has 13 heteroatoms. The fraction of sp³-hybridized carbons (Fsp3) is 0.348. The number of aliphatic hydroxyl groups is 4. The highest BCUT2D eigenvalue weighted by Crippen LogP contribution is 2.43. The van der Waals surface area contributed by atoms with Crippen LogP contribution in [-0.2, 0) is 4.74 Å². The van der Waals surface area contributed by atoms with Crippen molar-refractivity contribution in [3.05, 3.63) is 34.5 Å². The van der Waals surface area contributed by atoms with Crippen LogP contribution in [0.3, 0.4) is 0 Å². The van der Waals surface area contributed by atoms with Gasteiger partial charge in [0, 0.05) is 17.7 Å². The van der Waals surface area contributed by atoms with Crippen molar-refractivity contribution in [2.24, 2.45) is 0 Å². The van der Waals surface area contributed by atoms with Crippen LogP contribution >= 0.6 is 0 Å². The number of hydrogen-bond acceptors (Lipinski definition) is 13. The minimum Gasteiger partial charge on any atom is -0.508 e.